The molecule has 1 aromatic rings. The highest BCUT2D eigenvalue weighted by molar-refractivity contribution is 5.40. The Morgan fingerprint density at radius 3 is 2.68 bits per heavy atom. The van der Waals surface area contributed by atoms with Crippen molar-refractivity contribution in [3.63, 3.8) is 0 Å². The van der Waals surface area contributed by atoms with E-state index in [1.807, 2.05) is 18.2 Å². The van der Waals surface area contributed by atoms with Crippen LogP contribution in [0.1, 0.15) is 18.4 Å². The van der Waals surface area contributed by atoms with Gasteiger partial charge in [-0.3, -0.25) is 0 Å². The fourth-order valence-corrected chi connectivity index (χ4v) is 2.11. The second-order valence-electron chi connectivity index (χ2n) is 5.00. The Morgan fingerprint density at radius 1 is 1.32 bits per heavy atom. The number of methoxy groups -OCH3 is 2. The SMILES string of the molecule is COc1ccc(OC)c(CCNCC2(C#N)CC2)c1. The zero-order valence-corrected chi connectivity index (χ0v) is 11.5. The highest BCUT2D eigenvalue weighted by atomic mass is 16.5. The third-order valence-corrected chi connectivity index (χ3v) is 3.61. The highest BCUT2D eigenvalue weighted by Gasteiger charge is 2.42. The maximum Gasteiger partial charge on any atom is 0.122 e. The molecule has 4 heteroatoms. The Morgan fingerprint density at radius 2 is 2.11 bits per heavy atom. The van der Waals surface area contributed by atoms with Gasteiger partial charge in [-0.1, -0.05) is 0 Å². The van der Waals surface area contributed by atoms with E-state index in [2.05, 4.69) is 11.4 Å². The van der Waals surface area contributed by atoms with E-state index in [-0.39, 0.29) is 5.41 Å². The standard InChI is InChI=1S/C15H20N2O2/c1-18-13-3-4-14(19-2)12(9-13)5-8-17-11-15(10-16)6-7-15/h3-4,9,17H,5-8,11H2,1-2H3. The molecule has 0 atom stereocenters. The number of benzene rings is 1. The molecular formula is C15H20N2O2. The number of hydrogen-bond acceptors (Lipinski definition) is 4. The molecule has 0 spiro atoms. The molecule has 0 unspecified atom stereocenters. The van der Waals surface area contributed by atoms with Crippen LogP contribution in [0.3, 0.4) is 0 Å². The molecule has 1 aliphatic rings. The van der Waals surface area contributed by atoms with Crippen molar-refractivity contribution < 1.29 is 9.47 Å². The molecule has 0 heterocycles. The van der Waals surface area contributed by atoms with Crippen molar-refractivity contribution in [1.29, 1.82) is 5.26 Å². The molecule has 4 nitrogen and oxygen atoms in total. The van der Waals surface area contributed by atoms with Crippen molar-refractivity contribution in [2.75, 3.05) is 27.3 Å². The summed E-state index contributed by atoms with van der Waals surface area (Å²) < 4.78 is 10.6. The molecule has 0 aromatic heterocycles. The fraction of sp³-hybridized carbons (Fsp3) is 0.533. The molecule has 0 radical (unpaired) electrons. The predicted molar refractivity (Wildman–Crippen MR) is 73.4 cm³/mol. The number of rotatable bonds is 7. The molecule has 19 heavy (non-hydrogen) atoms. The van der Waals surface area contributed by atoms with Crippen molar-refractivity contribution in [3.05, 3.63) is 23.8 Å². The van der Waals surface area contributed by atoms with Gasteiger partial charge in [-0.25, -0.2) is 0 Å². The van der Waals surface area contributed by atoms with E-state index < -0.39 is 0 Å². The maximum atomic E-state index is 9.00. The number of ether oxygens (including phenoxy) is 2. The lowest BCUT2D eigenvalue weighted by Gasteiger charge is -2.12. The maximum absolute atomic E-state index is 9.00. The summed E-state index contributed by atoms with van der Waals surface area (Å²) in [5, 5.41) is 12.4. The zero-order valence-electron chi connectivity index (χ0n) is 11.5. The van der Waals surface area contributed by atoms with Gasteiger partial charge in [-0.15, -0.1) is 0 Å². The second kappa shape index (κ2) is 5.94. The summed E-state index contributed by atoms with van der Waals surface area (Å²) in [4.78, 5) is 0. The number of hydrogen-bond donors (Lipinski definition) is 1. The van der Waals surface area contributed by atoms with Gasteiger partial charge >= 0.3 is 0 Å². The van der Waals surface area contributed by atoms with Crippen molar-refractivity contribution in [3.8, 4) is 17.6 Å². The molecular weight excluding hydrogens is 240 g/mol. The summed E-state index contributed by atoms with van der Waals surface area (Å²) in [7, 11) is 3.33. The van der Waals surface area contributed by atoms with Crippen molar-refractivity contribution in [2.24, 2.45) is 5.41 Å². The molecule has 0 amide bonds. The third-order valence-electron chi connectivity index (χ3n) is 3.61. The minimum absolute atomic E-state index is 0.0849. The molecule has 102 valence electrons. The van der Waals surface area contributed by atoms with Crippen LogP contribution in [0.25, 0.3) is 0 Å². The van der Waals surface area contributed by atoms with Gasteiger partial charge in [-0.05, 0) is 49.6 Å². The number of nitriles is 1. The van der Waals surface area contributed by atoms with E-state index in [1.54, 1.807) is 14.2 Å². The Balaban J connectivity index is 1.86. The molecule has 1 saturated carbocycles. The lowest BCUT2D eigenvalue weighted by molar-refractivity contribution is 0.398. The van der Waals surface area contributed by atoms with Crippen LogP contribution in [0.2, 0.25) is 0 Å². The van der Waals surface area contributed by atoms with Crippen LogP contribution >= 0.6 is 0 Å². The normalized spacial score (nSPS) is 15.6. The summed E-state index contributed by atoms with van der Waals surface area (Å²) in [6.45, 7) is 1.63. The van der Waals surface area contributed by atoms with Crippen LogP contribution < -0.4 is 14.8 Å². The second-order valence-corrected chi connectivity index (χ2v) is 5.00. The molecule has 2 rings (SSSR count). The van der Waals surface area contributed by atoms with Crippen molar-refractivity contribution >= 4 is 0 Å². The smallest absolute Gasteiger partial charge is 0.122 e. The minimum Gasteiger partial charge on any atom is -0.497 e. The molecule has 0 bridgehead atoms. The largest absolute Gasteiger partial charge is 0.497 e. The van der Waals surface area contributed by atoms with Gasteiger partial charge in [0, 0.05) is 6.54 Å². The van der Waals surface area contributed by atoms with E-state index in [0.717, 1.165) is 49.4 Å². The molecule has 0 aliphatic heterocycles. The highest BCUT2D eigenvalue weighted by Crippen LogP contribution is 2.43. The summed E-state index contributed by atoms with van der Waals surface area (Å²) in [6, 6.07) is 8.20. The number of nitrogens with one attached hydrogen (secondary N) is 1. The first-order valence-corrected chi connectivity index (χ1v) is 6.56. The molecule has 1 aliphatic carbocycles. The minimum atomic E-state index is -0.0849. The Labute approximate surface area is 114 Å². The fourth-order valence-electron chi connectivity index (χ4n) is 2.11. The molecule has 1 aromatic carbocycles. The van der Waals surface area contributed by atoms with Crippen molar-refractivity contribution in [1.82, 2.24) is 5.32 Å². The summed E-state index contributed by atoms with van der Waals surface area (Å²) in [5.74, 6) is 1.72. The first-order chi connectivity index (χ1) is 9.23. The summed E-state index contributed by atoms with van der Waals surface area (Å²) in [5.41, 5.74) is 1.04. The molecule has 0 saturated heterocycles. The lowest BCUT2D eigenvalue weighted by atomic mass is 10.1. The number of nitrogens with zero attached hydrogens (tertiary/aromatic N) is 1. The van der Waals surface area contributed by atoms with Crippen LogP contribution in [-0.4, -0.2) is 27.3 Å². The average Bonchev–Trinajstić information content (AvgIpc) is 3.24. The van der Waals surface area contributed by atoms with E-state index in [1.165, 1.54) is 0 Å². The topological polar surface area (TPSA) is 54.3 Å². The first-order valence-electron chi connectivity index (χ1n) is 6.56. The monoisotopic (exact) mass is 260 g/mol. The Hall–Kier alpha value is -1.73. The van der Waals surface area contributed by atoms with Gasteiger partial charge in [0.05, 0.1) is 25.7 Å². The zero-order chi connectivity index (χ0) is 13.7. The van der Waals surface area contributed by atoms with Crippen molar-refractivity contribution in [2.45, 2.75) is 19.3 Å². The van der Waals surface area contributed by atoms with Crippen LogP contribution in [0.15, 0.2) is 18.2 Å². The molecule has 1 N–H and O–H groups in total. The van der Waals surface area contributed by atoms with Crippen LogP contribution in [-0.2, 0) is 6.42 Å². The van der Waals surface area contributed by atoms with Gasteiger partial charge in [0.15, 0.2) is 0 Å². The van der Waals surface area contributed by atoms with E-state index in [0.29, 0.717) is 0 Å². The van der Waals surface area contributed by atoms with Crippen LogP contribution in [0.4, 0.5) is 0 Å². The van der Waals surface area contributed by atoms with Gasteiger partial charge in [0.25, 0.3) is 0 Å². The van der Waals surface area contributed by atoms with E-state index in [4.69, 9.17) is 14.7 Å². The van der Waals surface area contributed by atoms with Crippen LogP contribution in [0.5, 0.6) is 11.5 Å². The van der Waals surface area contributed by atoms with Gasteiger partial charge in [-0.2, -0.15) is 5.26 Å². The molecule has 1 fully saturated rings. The lowest BCUT2D eigenvalue weighted by Crippen LogP contribution is -2.25. The van der Waals surface area contributed by atoms with E-state index in [9.17, 15) is 0 Å². The van der Waals surface area contributed by atoms with Gasteiger partial charge in [0.1, 0.15) is 11.5 Å². The van der Waals surface area contributed by atoms with E-state index >= 15 is 0 Å². The van der Waals surface area contributed by atoms with Gasteiger partial charge < -0.3 is 14.8 Å². The Kier molecular flexibility index (Phi) is 4.28. The predicted octanol–water partition coefficient (Wildman–Crippen LogP) is 2.14. The van der Waals surface area contributed by atoms with Crippen LogP contribution in [0, 0.1) is 16.7 Å². The summed E-state index contributed by atoms with van der Waals surface area (Å²) >= 11 is 0. The average molecular weight is 260 g/mol. The van der Waals surface area contributed by atoms with Gasteiger partial charge in [0.2, 0.25) is 0 Å². The Bertz CT molecular complexity index is 476. The summed E-state index contributed by atoms with van der Waals surface area (Å²) in [6.07, 6.45) is 2.92. The quantitative estimate of drug-likeness (QED) is 0.763. The first kappa shape index (κ1) is 13.7. The third kappa shape index (κ3) is 3.39.